The molecule has 0 N–H and O–H groups in total. The topological polar surface area (TPSA) is 81.5 Å². The summed E-state index contributed by atoms with van der Waals surface area (Å²) < 4.78 is 34.5. The van der Waals surface area contributed by atoms with E-state index in [1.807, 2.05) is 0 Å². The van der Waals surface area contributed by atoms with Gasteiger partial charge in [-0.3, -0.25) is 9.59 Å². The third-order valence-corrected chi connectivity index (χ3v) is 5.38. The molecule has 3 rings (SSSR count). The maximum Gasteiger partial charge on any atom is 0.258 e. The van der Waals surface area contributed by atoms with Crippen LogP contribution in [0.25, 0.3) is 0 Å². The van der Waals surface area contributed by atoms with E-state index in [1.165, 1.54) is 44.6 Å². The number of benzene rings is 2. The van der Waals surface area contributed by atoms with Crippen molar-refractivity contribution in [3.63, 3.8) is 0 Å². The Morgan fingerprint density at radius 2 is 1.71 bits per heavy atom. The van der Waals surface area contributed by atoms with Gasteiger partial charge >= 0.3 is 0 Å². The fourth-order valence-corrected chi connectivity index (χ4v) is 3.50. The van der Waals surface area contributed by atoms with Crippen molar-refractivity contribution in [2.75, 3.05) is 41.0 Å². The van der Waals surface area contributed by atoms with E-state index in [1.54, 1.807) is 47.4 Å². The number of halogens is 1. The summed E-state index contributed by atoms with van der Waals surface area (Å²) >= 11 is 0. The fourth-order valence-electron chi connectivity index (χ4n) is 3.50. The molecule has 9 heteroatoms. The molecule has 0 aliphatic carbocycles. The molecular formula is C26H29FN2O6. The molecule has 1 heterocycles. The number of amides is 2. The summed E-state index contributed by atoms with van der Waals surface area (Å²) in [5.74, 6) is 0.427. The summed E-state index contributed by atoms with van der Waals surface area (Å²) in [5.41, 5.74) is 1.05. The van der Waals surface area contributed by atoms with Crippen molar-refractivity contribution in [2.45, 2.75) is 13.1 Å². The van der Waals surface area contributed by atoms with E-state index in [4.69, 9.17) is 18.6 Å². The second-order valence-corrected chi connectivity index (χ2v) is 7.74. The van der Waals surface area contributed by atoms with Gasteiger partial charge in [-0.1, -0.05) is 12.1 Å². The number of furan rings is 1. The van der Waals surface area contributed by atoms with Crippen LogP contribution in [0.3, 0.4) is 0 Å². The van der Waals surface area contributed by atoms with E-state index in [0.717, 1.165) is 5.56 Å². The average Bonchev–Trinajstić information content (AvgIpc) is 3.39. The van der Waals surface area contributed by atoms with Gasteiger partial charge in [0.15, 0.2) is 0 Å². The summed E-state index contributed by atoms with van der Waals surface area (Å²) in [7, 11) is 4.51. The Hall–Kier alpha value is -3.85. The van der Waals surface area contributed by atoms with Gasteiger partial charge in [0.05, 0.1) is 39.2 Å². The van der Waals surface area contributed by atoms with E-state index in [9.17, 15) is 14.0 Å². The molecule has 186 valence electrons. The van der Waals surface area contributed by atoms with Crippen LogP contribution in [0.2, 0.25) is 0 Å². The number of carbonyl (C=O) groups is 2. The highest BCUT2D eigenvalue weighted by molar-refractivity contribution is 5.99. The number of hydrogen-bond donors (Lipinski definition) is 0. The molecule has 0 fully saturated rings. The fraction of sp³-hybridized carbons (Fsp3) is 0.308. The third kappa shape index (κ3) is 7.07. The molecule has 0 bridgehead atoms. The van der Waals surface area contributed by atoms with Crippen LogP contribution in [0.4, 0.5) is 4.39 Å². The van der Waals surface area contributed by atoms with Gasteiger partial charge in [-0.05, 0) is 42.0 Å². The zero-order chi connectivity index (χ0) is 25.2. The van der Waals surface area contributed by atoms with E-state index in [0.29, 0.717) is 22.8 Å². The largest absolute Gasteiger partial charge is 0.497 e. The van der Waals surface area contributed by atoms with Crippen LogP contribution in [0.1, 0.15) is 21.7 Å². The molecule has 1 aromatic heterocycles. The van der Waals surface area contributed by atoms with Gasteiger partial charge in [0, 0.05) is 26.3 Å². The van der Waals surface area contributed by atoms with Crippen molar-refractivity contribution < 1.29 is 32.6 Å². The van der Waals surface area contributed by atoms with Crippen LogP contribution >= 0.6 is 0 Å². The summed E-state index contributed by atoms with van der Waals surface area (Å²) in [5, 5.41) is 0. The van der Waals surface area contributed by atoms with Crippen molar-refractivity contribution in [1.82, 2.24) is 9.80 Å². The van der Waals surface area contributed by atoms with Crippen LogP contribution in [-0.2, 0) is 22.6 Å². The van der Waals surface area contributed by atoms with Gasteiger partial charge in [0.25, 0.3) is 5.91 Å². The molecule has 8 nitrogen and oxygen atoms in total. The zero-order valence-electron chi connectivity index (χ0n) is 20.0. The highest BCUT2D eigenvalue weighted by Crippen LogP contribution is 2.26. The number of methoxy groups -OCH3 is 3. The van der Waals surface area contributed by atoms with Gasteiger partial charge in [-0.2, -0.15) is 0 Å². The van der Waals surface area contributed by atoms with E-state index in [-0.39, 0.29) is 50.4 Å². The Morgan fingerprint density at radius 1 is 0.943 bits per heavy atom. The van der Waals surface area contributed by atoms with Gasteiger partial charge in [-0.25, -0.2) is 4.39 Å². The molecule has 0 atom stereocenters. The van der Waals surface area contributed by atoms with Gasteiger partial charge < -0.3 is 28.4 Å². The second kappa shape index (κ2) is 12.6. The number of ether oxygens (including phenoxy) is 3. The van der Waals surface area contributed by atoms with Crippen molar-refractivity contribution in [3.8, 4) is 11.5 Å². The number of hydrogen-bond acceptors (Lipinski definition) is 6. The Morgan fingerprint density at radius 3 is 2.34 bits per heavy atom. The summed E-state index contributed by atoms with van der Waals surface area (Å²) in [6, 6.07) is 14.3. The van der Waals surface area contributed by atoms with Crippen LogP contribution in [0.15, 0.2) is 65.3 Å². The van der Waals surface area contributed by atoms with E-state index >= 15 is 0 Å². The van der Waals surface area contributed by atoms with Gasteiger partial charge in [-0.15, -0.1) is 0 Å². The van der Waals surface area contributed by atoms with Crippen LogP contribution in [-0.4, -0.2) is 62.6 Å². The molecular weight excluding hydrogens is 455 g/mol. The lowest BCUT2D eigenvalue weighted by Crippen LogP contribution is -2.43. The predicted molar refractivity (Wildman–Crippen MR) is 127 cm³/mol. The SMILES string of the molecule is COCCN(CC(=O)N(Cc1ccc(F)cc1)Cc1ccco1)C(=O)c1ccc(OC)cc1OC. The van der Waals surface area contributed by atoms with Crippen LogP contribution in [0.5, 0.6) is 11.5 Å². The summed E-state index contributed by atoms with van der Waals surface area (Å²) in [6.07, 6.45) is 1.53. The number of nitrogens with zero attached hydrogens (tertiary/aromatic N) is 2. The number of carbonyl (C=O) groups excluding carboxylic acids is 2. The monoisotopic (exact) mass is 484 g/mol. The normalized spacial score (nSPS) is 10.6. The summed E-state index contributed by atoms with van der Waals surface area (Å²) in [4.78, 5) is 29.8. The lowest BCUT2D eigenvalue weighted by molar-refractivity contribution is -0.133. The van der Waals surface area contributed by atoms with Gasteiger partial charge in [0.1, 0.15) is 29.6 Å². The Balaban J connectivity index is 1.84. The molecule has 0 aliphatic heterocycles. The lowest BCUT2D eigenvalue weighted by atomic mass is 10.1. The first-order valence-electron chi connectivity index (χ1n) is 11.0. The van der Waals surface area contributed by atoms with E-state index in [2.05, 4.69) is 0 Å². The third-order valence-electron chi connectivity index (χ3n) is 5.38. The Kier molecular flexibility index (Phi) is 9.25. The summed E-state index contributed by atoms with van der Waals surface area (Å²) in [6.45, 7) is 0.660. The molecule has 2 amide bonds. The molecule has 0 unspecified atom stereocenters. The maximum atomic E-state index is 13.4. The van der Waals surface area contributed by atoms with Crippen LogP contribution < -0.4 is 9.47 Å². The Bertz CT molecular complexity index is 1100. The minimum Gasteiger partial charge on any atom is -0.497 e. The predicted octanol–water partition coefficient (Wildman–Crippen LogP) is 3.75. The lowest BCUT2D eigenvalue weighted by Gasteiger charge is -2.28. The quantitative estimate of drug-likeness (QED) is 0.390. The molecule has 0 saturated heterocycles. The molecule has 2 aromatic carbocycles. The van der Waals surface area contributed by atoms with Crippen molar-refractivity contribution in [3.05, 3.63) is 83.6 Å². The first-order chi connectivity index (χ1) is 16.9. The number of rotatable bonds is 12. The highest BCUT2D eigenvalue weighted by atomic mass is 19.1. The first kappa shape index (κ1) is 25.8. The molecule has 35 heavy (non-hydrogen) atoms. The van der Waals surface area contributed by atoms with Gasteiger partial charge in [0.2, 0.25) is 5.91 Å². The molecule has 0 radical (unpaired) electrons. The Labute approximate surface area is 203 Å². The minimum absolute atomic E-state index is 0.195. The van der Waals surface area contributed by atoms with Crippen molar-refractivity contribution in [1.29, 1.82) is 0 Å². The van der Waals surface area contributed by atoms with Crippen LogP contribution in [0, 0.1) is 5.82 Å². The van der Waals surface area contributed by atoms with E-state index < -0.39 is 0 Å². The standard InChI is InChI=1S/C26H29FN2O6/c1-32-14-12-28(26(31)23-11-10-21(33-2)15-24(23)34-3)18-25(30)29(17-22-5-4-13-35-22)16-19-6-8-20(27)9-7-19/h4-11,13,15H,12,14,16-18H2,1-3H3. The van der Waals surface area contributed by atoms with Crippen molar-refractivity contribution in [2.24, 2.45) is 0 Å². The zero-order valence-corrected chi connectivity index (χ0v) is 20.0. The molecule has 3 aromatic rings. The average molecular weight is 485 g/mol. The molecule has 0 saturated carbocycles. The van der Waals surface area contributed by atoms with Crippen molar-refractivity contribution >= 4 is 11.8 Å². The smallest absolute Gasteiger partial charge is 0.258 e. The first-order valence-corrected chi connectivity index (χ1v) is 11.0. The maximum absolute atomic E-state index is 13.4. The molecule has 0 aliphatic rings. The molecule has 0 spiro atoms. The minimum atomic E-state index is -0.380. The second-order valence-electron chi connectivity index (χ2n) is 7.74. The highest BCUT2D eigenvalue weighted by Gasteiger charge is 2.25.